The predicted octanol–water partition coefficient (Wildman–Crippen LogP) is 1.91. The van der Waals surface area contributed by atoms with Gasteiger partial charge in [-0.1, -0.05) is 0 Å². The van der Waals surface area contributed by atoms with Gasteiger partial charge < -0.3 is 20.3 Å². The number of carbonyl (C=O) groups is 1. The number of nitrogens with two attached hydrogens (primary N) is 1. The smallest absolute Gasteiger partial charge is 0.338 e. The Labute approximate surface area is 104 Å². The van der Waals surface area contributed by atoms with Gasteiger partial charge in [0.2, 0.25) is 0 Å². The maximum absolute atomic E-state index is 13.4. The molecule has 0 bridgehead atoms. The van der Waals surface area contributed by atoms with E-state index < -0.39 is 17.3 Å². The number of aromatic carboxylic acids is 1. The van der Waals surface area contributed by atoms with Crippen LogP contribution in [0.3, 0.4) is 0 Å². The molecule has 0 aliphatic heterocycles. The maximum atomic E-state index is 13.4. The fraction of sp³-hybridized carbons (Fsp3) is 0.417. The molecule has 0 aliphatic rings. The van der Waals surface area contributed by atoms with Crippen LogP contribution < -0.4 is 10.5 Å². The van der Waals surface area contributed by atoms with Crippen molar-refractivity contribution in [1.82, 2.24) is 0 Å². The van der Waals surface area contributed by atoms with Gasteiger partial charge in [0, 0.05) is 6.07 Å². The highest BCUT2D eigenvalue weighted by Gasteiger charge is 2.14. The molecule has 0 amide bonds. The minimum atomic E-state index is -1.37. The van der Waals surface area contributed by atoms with Gasteiger partial charge in [0.25, 0.3) is 0 Å². The van der Waals surface area contributed by atoms with Crippen molar-refractivity contribution in [2.75, 3.05) is 18.9 Å². The highest BCUT2D eigenvalue weighted by atomic mass is 19.1. The van der Waals surface area contributed by atoms with Crippen LogP contribution in [0.1, 0.15) is 24.2 Å². The maximum Gasteiger partial charge on any atom is 0.338 e. The SMILES string of the molecule is CC(C)OCCOc1cc(F)c(C(=O)O)cc1N. The third-order valence-electron chi connectivity index (χ3n) is 2.12. The molecular formula is C12H16FNO4. The highest BCUT2D eigenvalue weighted by Crippen LogP contribution is 2.25. The van der Waals surface area contributed by atoms with E-state index in [2.05, 4.69) is 0 Å². The Morgan fingerprint density at radius 1 is 1.44 bits per heavy atom. The Kier molecular flexibility index (Phi) is 4.91. The molecule has 1 rings (SSSR count). The van der Waals surface area contributed by atoms with Crippen molar-refractivity contribution in [2.45, 2.75) is 20.0 Å². The molecule has 1 aromatic carbocycles. The number of carboxylic acid groups (broad SMARTS) is 1. The van der Waals surface area contributed by atoms with Gasteiger partial charge in [-0.05, 0) is 19.9 Å². The Bertz CT molecular complexity index is 434. The third kappa shape index (κ3) is 3.89. The van der Waals surface area contributed by atoms with Gasteiger partial charge in [0.05, 0.1) is 24.0 Å². The van der Waals surface area contributed by atoms with Gasteiger partial charge in [0.15, 0.2) is 0 Å². The van der Waals surface area contributed by atoms with E-state index in [-0.39, 0.29) is 24.1 Å². The molecule has 0 saturated carbocycles. The molecule has 0 unspecified atom stereocenters. The second-order valence-electron chi connectivity index (χ2n) is 3.94. The van der Waals surface area contributed by atoms with E-state index in [9.17, 15) is 9.18 Å². The lowest BCUT2D eigenvalue weighted by molar-refractivity contribution is 0.0553. The minimum Gasteiger partial charge on any atom is -0.489 e. The summed E-state index contributed by atoms with van der Waals surface area (Å²) >= 11 is 0. The highest BCUT2D eigenvalue weighted by molar-refractivity contribution is 5.89. The van der Waals surface area contributed by atoms with Crippen LogP contribution in [0.5, 0.6) is 5.75 Å². The molecule has 3 N–H and O–H groups in total. The van der Waals surface area contributed by atoms with E-state index in [4.69, 9.17) is 20.3 Å². The number of ether oxygens (including phenoxy) is 2. The number of hydrogen-bond donors (Lipinski definition) is 2. The number of benzene rings is 1. The van der Waals surface area contributed by atoms with Gasteiger partial charge >= 0.3 is 5.97 Å². The van der Waals surface area contributed by atoms with Gasteiger partial charge in [0.1, 0.15) is 18.2 Å². The van der Waals surface area contributed by atoms with E-state index in [1.165, 1.54) is 0 Å². The summed E-state index contributed by atoms with van der Waals surface area (Å²) in [6, 6.07) is 2.00. The van der Waals surface area contributed by atoms with Crippen molar-refractivity contribution in [3.63, 3.8) is 0 Å². The van der Waals surface area contributed by atoms with E-state index >= 15 is 0 Å². The topological polar surface area (TPSA) is 81.8 Å². The van der Waals surface area contributed by atoms with Crippen LogP contribution in [0.25, 0.3) is 0 Å². The van der Waals surface area contributed by atoms with E-state index in [1.54, 1.807) is 0 Å². The number of carboxylic acids is 1. The van der Waals surface area contributed by atoms with Crippen molar-refractivity contribution >= 4 is 11.7 Å². The van der Waals surface area contributed by atoms with Crippen molar-refractivity contribution in [3.05, 3.63) is 23.5 Å². The second kappa shape index (κ2) is 6.20. The summed E-state index contributed by atoms with van der Waals surface area (Å²) in [4.78, 5) is 10.7. The lowest BCUT2D eigenvalue weighted by atomic mass is 10.2. The largest absolute Gasteiger partial charge is 0.489 e. The molecule has 100 valence electrons. The zero-order valence-electron chi connectivity index (χ0n) is 10.3. The molecule has 0 aliphatic carbocycles. The summed E-state index contributed by atoms with van der Waals surface area (Å²) in [6.07, 6.45) is 0.0806. The van der Waals surface area contributed by atoms with Crippen LogP contribution in [0, 0.1) is 5.82 Å². The van der Waals surface area contributed by atoms with Crippen LogP contribution >= 0.6 is 0 Å². The average Bonchev–Trinajstić information content (AvgIpc) is 2.27. The summed E-state index contributed by atoms with van der Waals surface area (Å²) in [7, 11) is 0. The van der Waals surface area contributed by atoms with Crippen molar-refractivity contribution in [2.24, 2.45) is 0 Å². The molecule has 0 atom stereocenters. The summed E-state index contributed by atoms with van der Waals surface area (Å²) < 4.78 is 23.8. The van der Waals surface area contributed by atoms with Crippen LogP contribution in [0.2, 0.25) is 0 Å². The molecule has 0 spiro atoms. The number of anilines is 1. The quantitative estimate of drug-likeness (QED) is 0.601. The van der Waals surface area contributed by atoms with Crippen LogP contribution in [0.15, 0.2) is 12.1 Å². The van der Waals surface area contributed by atoms with Crippen LogP contribution in [-0.4, -0.2) is 30.4 Å². The summed E-state index contributed by atoms with van der Waals surface area (Å²) in [5.41, 5.74) is 5.18. The fourth-order valence-corrected chi connectivity index (χ4v) is 1.30. The number of rotatable bonds is 6. The molecule has 0 aromatic heterocycles. The number of hydrogen-bond acceptors (Lipinski definition) is 4. The monoisotopic (exact) mass is 257 g/mol. The standard InChI is InChI=1S/C12H16FNO4/c1-7(2)17-3-4-18-11-6-9(13)8(12(15)16)5-10(11)14/h5-7H,3-4,14H2,1-2H3,(H,15,16). The van der Waals surface area contributed by atoms with Crippen LogP contribution in [0.4, 0.5) is 10.1 Å². The van der Waals surface area contributed by atoms with Crippen LogP contribution in [-0.2, 0) is 4.74 Å². The lowest BCUT2D eigenvalue weighted by Gasteiger charge is -2.11. The number of nitrogen functional groups attached to an aromatic ring is 1. The normalized spacial score (nSPS) is 10.7. The molecule has 18 heavy (non-hydrogen) atoms. The van der Waals surface area contributed by atoms with Gasteiger partial charge in [-0.2, -0.15) is 0 Å². The first-order valence-corrected chi connectivity index (χ1v) is 5.48. The lowest BCUT2D eigenvalue weighted by Crippen LogP contribution is -2.12. The molecule has 6 heteroatoms. The van der Waals surface area contributed by atoms with Gasteiger partial charge in [-0.15, -0.1) is 0 Å². The first kappa shape index (κ1) is 14.2. The Morgan fingerprint density at radius 2 is 2.11 bits per heavy atom. The Balaban J connectivity index is 2.67. The van der Waals surface area contributed by atoms with E-state index in [1.807, 2.05) is 13.8 Å². The predicted molar refractivity (Wildman–Crippen MR) is 64.4 cm³/mol. The molecule has 0 saturated heterocycles. The molecule has 5 nitrogen and oxygen atoms in total. The average molecular weight is 257 g/mol. The zero-order valence-corrected chi connectivity index (χ0v) is 10.3. The molecule has 0 fully saturated rings. The first-order chi connectivity index (χ1) is 8.41. The first-order valence-electron chi connectivity index (χ1n) is 5.48. The Hall–Kier alpha value is -1.82. The summed E-state index contributed by atoms with van der Waals surface area (Å²) in [5, 5.41) is 8.70. The van der Waals surface area contributed by atoms with Crippen molar-refractivity contribution in [1.29, 1.82) is 0 Å². The summed E-state index contributed by atoms with van der Waals surface area (Å²) in [5.74, 6) is -2.13. The molecule has 0 radical (unpaired) electrons. The van der Waals surface area contributed by atoms with E-state index in [0.717, 1.165) is 12.1 Å². The third-order valence-corrected chi connectivity index (χ3v) is 2.12. The van der Waals surface area contributed by atoms with E-state index in [0.29, 0.717) is 6.61 Å². The molecule has 0 heterocycles. The van der Waals surface area contributed by atoms with Gasteiger partial charge in [-0.3, -0.25) is 0 Å². The minimum absolute atomic E-state index is 0.0806. The fourth-order valence-electron chi connectivity index (χ4n) is 1.30. The zero-order chi connectivity index (χ0) is 13.7. The molecule has 1 aromatic rings. The van der Waals surface area contributed by atoms with Gasteiger partial charge in [-0.25, -0.2) is 9.18 Å². The van der Waals surface area contributed by atoms with Crippen molar-refractivity contribution < 1.29 is 23.8 Å². The van der Waals surface area contributed by atoms with Crippen molar-refractivity contribution in [3.8, 4) is 5.75 Å². The summed E-state index contributed by atoms with van der Waals surface area (Å²) in [6.45, 7) is 4.33. The second-order valence-corrected chi connectivity index (χ2v) is 3.94. The number of halogens is 1. The molecular weight excluding hydrogens is 241 g/mol. The Morgan fingerprint density at radius 3 is 2.67 bits per heavy atom.